The molecule has 0 amide bonds. The molecule has 0 heterocycles. The average molecular weight is 985 g/mol. The Labute approximate surface area is 424 Å². The molecule has 0 bridgehead atoms. The molecule has 9 heteroatoms. The van der Waals surface area contributed by atoms with Gasteiger partial charge < -0.3 is 27.9 Å². The zero-order valence-corrected chi connectivity index (χ0v) is 47.2. The van der Waals surface area contributed by atoms with E-state index in [2.05, 4.69) is 26.0 Å². The summed E-state index contributed by atoms with van der Waals surface area (Å²) < 4.78 is 34.9. The van der Waals surface area contributed by atoms with Gasteiger partial charge in [-0.15, -0.1) is 0 Å². The van der Waals surface area contributed by atoms with Crippen LogP contribution in [0.4, 0.5) is 0 Å². The van der Waals surface area contributed by atoms with Crippen molar-refractivity contribution in [3.8, 4) is 0 Å². The maximum absolute atomic E-state index is 12.8. The van der Waals surface area contributed by atoms with Gasteiger partial charge in [0.15, 0.2) is 0 Å². The van der Waals surface area contributed by atoms with Crippen molar-refractivity contribution in [1.82, 2.24) is 0 Å². The first-order valence-corrected chi connectivity index (χ1v) is 31.4. The van der Waals surface area contributed by atoms with Crippen LogP contribution in [0.25, 0.3) is 0 Å². The second kappa shape index (κ2) is 52.6. The fourth-order valence-electron chi connectivity index (χ4n) is 8.96. The molecular weight excluding hydrogens is 866 g/mol. The largest absolute Gasteiger partial charge is 0.756 e. The van der Waals surface area contributed by atoms with E-state index in [0.717, 1.165) is 32.1 Å². The van der Waals surface area contributed by atoms with Crippen molar-refractivity contribution < 1.29 is 37.3 Å². The summed E-state index contributed by atoms with van der Waals surface area (Å²) in [5.41, 5.74) is 0. The SMILES string of the molecule is CCCCCCCCCC/C=C\CCCCCCCCCCCCCCOCC(COP(=O)([O-])OCC[N+](C)(C)C)OC(=O)CCCCCCCCCCCCCCCCCCCCCCCC. The molecule has 0 saturated heterocycles. The normalized spacial score (nSPS) is 13.4. The van der Waals surface area contributed by atoms with Crippen LogP contribution in [0, 0.1) is 0 Å². The number of carbonyl (C=O) groups excluding carboxylic acids is 1. The lowest BCUT2D eigenvalue weighted by Gasteiger charge is -2.28. The molecular formula is C59H118NO7P. The highest BCUT2D eigenvalue weighted by Gasteiger charge is 2.20. The van der Waals surface area contributed by atoms with Crippen LogP contribution in [0.2, 0.25) is 0 Å². The molecule has 0 aromatic heterocycles. The van der Waals surface area contributed by atoms with Gasteiger partial charge in [-0.2, -0.15) is 0 Å². The van der Waals surface area contributed by atoms with Gasteiger partial charge in [0.05, 0.1) is 34.4 Å². The molecule has 0 aliphatic carbocycles. The molecule has 2 atom stereocenters. The van der Waals surface area contributed by atoms with Crippen molar-refractivity contribution >= 4 is 13.8 Å². The van der Waals surface area contributed by atoms with Gasteiger partial charge in [-0.3, -0.25) is 9.36 Å². The maximum Gasteiger partial charge on any atom is 0.306 e. The number of phosphoric acid groups is 1. The van der Waals surface area contributed by atoms with E-state index in [0.29, 0.717) is 24.1 Å². The Hall–Kier alpha value is -0.760. The topological polar surface area (TPSA) is 94.1 Å². The molecule has 406 valence electrons. The highest BCUT2D eigenvalue weighted by atomic mass is 31.2. The monoisotopic (exact) mass is 984 g/mol. The number of allylic oxidation sites excluding steroid dienone is 2. The number of rotatable bonds is 57. The summed E-state index contributed by atoms with van der Waals surface area (Å²) in [5, 5.41) is 0. The molecule has 0 aliphatic heterocycles. The fraction of sp³-hybridized carbons (Fsp3) is 0.949. The molecule has 0 fully saturated rings. The van der Waals surface area contributed by atoms with E-state index in [1.807, 2.05) is 21.1 Å². The summed E-state index contributed by atoms with van der Waals surface area (Å²) in [6.45, 7) is 5.49. The summed E-state index contributed by atoms with van der Waals surface area (Å²) in [4.78, 5) is 25.3. The van der Waals surface area contributed by atoms with Crippen LogP contribution >= 0.6 is 7.82 Å². The number of hydrogen-bond acceptors (Lipinski definition) is 7. The predicted molar refractivity (Wildman–Crippen MR) is 291 cm³/mol. The highest BCUT2D eigenvalue weighted by molar-refractivity contribution is 7.45. The minimum Gasteiger partial charge on any atom is -0.756 e. The van der Waals surface area contributed by atoms with Crippen LogP contribution in [-0.2, 0) is 27.9 Å². The van der Waals surface area contributed by atoms with Crippen molar-refractivity contribution in [3.63, 3.8) is 0 Å². The first-order valence-electron chi connectivity index (χ1n) is 29.9. The number of esters is 1. The van der Waals surface area contributed by atoms with Crippen LogP contribution in [0.5, 0.6) is 0 Å². The maximum atomic E-state index is 12.8. The van der Waals surface area contributed by atoms with Crippen LogP contribution in [-0.4, -0.2) is 70.7 Å². The summed E-state index contributed by atoms with van der Waals surface area (Å²) in [5.74, 6) is -0.325. The number of hydrogen-bond donors (Lipinski definition) is 0. The zero-order chi connectivity index (χ0) is 49.8. The Morgan fingerprint density at radius 1 is 0.441 bits per heavy atom. The molecule has 68 heavy (non-hydrogen) atoms. The Bertz CT molecular complexity index is 1100. The minimum absolute atomic E-state index is 0.0302. The van der Waals surface area contributed by atoms with E-state index in [9.17, 15) is 14.3 Å². The summed E-state index contributed by atoms with van der Waals surface area (Å²) >= 11 is 0. The summed E-state index contributed by atoms with van der Waals surface area (Å²) in [6, 6.07) is 0. The van der Waals surface area contributed by atoms with Crippen molar-refractivity contribution in [3.05, 3.63) is 12.2 Å². The molecule has 0 rings (SSSR count). The van der Waals surface area contributed by atoms with Crippen molar-refractivity contribution in [2.75, 3.05) is 54.1 Å². The standard InChI is InChI=1S/C59H118NO7P/c1-6-8-10-12-14-16-18-20-22-24-26-28-30-31-33-35-37-39-41-43-45-47-49-51-54-64-56-58(57-66-68(62,63)65-55-53-60(3,4)5)67-59(61)52-50-48-46-44-42-40-38-36-34-32-29-27-25-23-21-19-17-15-13-11-9-7-2/h24,26,58H,6-23,25,27-57H2,1-5H3/b26-24-. The van der Waals surface area contributed by atoms with E-state index in [1.165, 1.54) is 250 Å². The smallest absolute Gasteiger partial charge is 0.306 e. The molecule has 0 N–H and O–H groups in total. The van der Waals surface area contributed by atoms with Gasteiger partial charge in [-0.1, -0.05) is 270 Å². The molecule has 0 saturated carbocycles. The van der Waals surface area contributed by atoms with Gasteiger partial charge in [0.1, 0.15) is 19.3 Å². The molecule has 0 aliphatic rings. The van der Waals surface area contributed by atoms with Crippen LogP contribution in [0.1, 0.15) is 303 Å². The third kappa shape index (κ3) is 56.2. The second-order valence-electron chi connectivity index (χ2n) is 21.7. The third-order valence-corrected chi connectivity index (χ3v) is 14.5. The Balaban J connectivity index is 4.01. The zero-order valence-electron chi connectivity index (χ0n) is 46.3. The molecule has 2 unspecified atom stereocenters. The minimum atomic E-state index is -4.53. The highest BCUT2D eigenvalue weighted by Crippen LogP contribution is 2.38. The van der Waals surface area contributed by atoms with Crippen LogP contribution in [0.3, 0.4) is 0 Å². The van der Waals surface area contributed by atoms with E-state index < -0.39 is 13.9 Å². The molecule has 0 radical (unpaired) electrons. The van der Waals surface area contributed by atoms with Crippen LogP contribution in [0.15, 0.2) is 12.2 Å². The number of phosphoric ester groups is 1. The van der Waals surface area contributed by atoms with E-state index in [-0.39, 0.29) is 25.8 Å². The third-order valence-electron chi connectivity index (χ3n) is 13.6. The first-order chi connectivity index (χ1) is 33.1. The number of unbranched alkanes of at least 4 members (excludes halogenated alkanes) is 41. The van der Waals surface area contributed by atoms with Gasteiger partial charge in [-0.25, -0.2) is 0 Å². The van der Waals surface area contributed by atoms with Crippen molar-refractivity contribution in [1.29, 1.82) is 0 Å². The van der Waals surface area contributed by atoms with E-state index in [1.54, 1.807) is 0 Å². The lowest BCUT2D eigenvalue weighted by molar-refractivity contribution is -0.870. The van der Waals surface area contributed by atoms with Crippen molar-refractivity contribution in [2.24, 2.45) is 0 Å². The Morgan fingerprint density at radius 2 is 0.765 bits per heavy atom. The van der Waals surface area contributed by atoms with E-state index in [4.69, 9.17) is 18.5 Å². The Kier molecular flexibility index (Phi) is 52.0. The summed E-state index contributed by atoms with van der Waals surface area (Å²) in [6.07, 6.45) is 62.6. The average Bonchev–Trinajstić information content (AvgIpc) is 3.30. The number of carbonyl (C=O) groups is 1. The van der Waals surface area contributed by atoms with Crippen LogP contribution < -0.4 is 4.89 Å². The van der Waals surface area contributed by atoms with Gasteiger partial charge in [0.2, 0.25) is 0 Å². The quantitative estimate of drug-likeness (QED) is 0.0197. The number of ether oxygens (including phenoxy) is 2. The fourth-order valence-corrected chi connectivity index (χ4v) is 9.69. The van der Waals surface area contributed by atoms with Gasteiger partial charge in [0.25, 0.3) is 7.82 Å². The number of likely N-dealkylation sites (N-methyl/N-ethyl adjacent to an activating group) is 1. The second-order valence-corrected chi connectivity index (χ2v) is 23.1. The number of quaternary nitrogens is 1. The van der Waals surface area contributed by atoms with Gasteiger partial charge in [0, 0.05) is 13.0 Å². The Morgan fingerprint density at radius 3 is 1.12 bits per heavy atom. The first kappa shape index (κ1) is 67.2. The lowest BCUT2D eigenvalue weighted by atomic mass is 10.0. The molecule has 8 nitrogen and oxygen atoms in total. The van der Waals surface area contributed by atoms with Crippen molar-refractivity contribution in [2.45, 2.75) is 309 Å². The predicted octanol–water partition coefficient (Wildman–Crippen LogP) is 18.3. The van der Waals surface area contributed by atoms with Gasteiger partial charge >= 0.3 is 5.97 Å². The number of nitrogens with zero attached hydrogens (tertiary/aromatic N) is 1. The lowest BCUT2D eigenvalue weighted by Crippen LogP contribution is -2.37. The molecule has 0 aromatic carbocycles. The molecule has 0 spiro atoms. The molecule has 0 aromatic rings. The summed E-state index contributed by atoms with van der Waals surface area (Å²) in [7, 11) is 1.38. The van der Waals surface area contributed by atoms with Gasteiger partial charge in [-0.05, 0) is 38.5 Å². The van der Waals surface area contributed by atoms with E-state index >= 15 is 0 Å².